The number of aryl methyl sites for hydroxylation is 1. The lowest BCUT2D eigenvalue weighted by Gasteiger charge is -2.39. The molecule has 0 unspecified atom stereocenters. The maximum Gasteiger partial charge on any atom is 0.200 e. The first-order chi connectivity index (χ1) is 15.0. The van der Waals surface area contributed by atoms with Crippen molar-refractivity contribution in [3.8, 4) is 5.69 Å². The highest BCUT2D eigenvalue weighted by Gasteiger charge is 2.32. The van der Waals surface area contributed by atoms with Crippen molar-refractivity contribution in [3.63, 3.8) is 0 Å². The molecule has 8 heteroatoms. The molecule has 2 aromatic heterocycles. The quantitative estimate of drug-likeness (QED) is 0.455. The minimum Gasteiger partial charge on any atom is -0.440 e. The Kier molecular flexibility index (Phi) is 4.77. The molecule has 0 bridgehead atoms. The van der Waals surface area contributed by atoms with Crippen LogP contribution < -0.4 is 4.90 Å². The molecule has 4 aromatic rings. The second-order valence-electron chi connectivity index (χ2n) is 8.07. The number of nitrogens with zero attached hydrogens (tertiary/aromatic N) is 5. The standard InChI is InChI=1S/C23H22FN5O2/c1-14-10-17(13-30)22(29-25-8-9-26-29)19(11-14)28-12-16(7-6-15(28)2)23-27-21-18(24)4-3-5-20(21)31-23/h3-5,8-11,13,15-16H,6-7,12H2,1-2H3/t15-,16-/m1/s1. The van der Waals surface area contributed by atoms with E-state index in [2.05, 4.69) is 33.1 Å². The Morgan fingerprint density at radius 3 is 2.74 bits per heavy atom. The van der Waals surface area contributed by atoms with Gasteiger partial charge in [0.2, 0.25) is 0 Å². The van der Waals surface area contributed by atoms with Crippen LogP contribution in [0.25, 0.3) is 16.8 Å². The number of rotatable bonds is 4. The van der Waals surface area contributed by atoms with E-state index in [4.69, 9.17) is 4.42 Å². The summed E-state index contributed by atoms with van der Waals surface area (Å²) >= 11 is 0. The number of aromatic nitrogens is 4. The number of fused-ring (bicyclic) bond motifs is 1. The number of anilines is 1. The monoisotopic (exact) mass is 419 g/mol. The van der Waals surface area contributed by atoms with Gasteiger partial charge in [0.05, 0.1) is 24.0 Å². The van der Waals surface area contributed by atoms with Gasteiger partial charge in [0.25, 0.3) is 0 Å². The zero-order valence-corrected chi connectivity index (χ0v) is 17.3. The van der Waals surface area contributed by atoms with Crippen LogP contribution in [0.1, 0.15) is 47.5 Å². The molecule has 2 aromatic carbocycles. The minimum atomic E-state index is -0.380. The van der Waals surface area contributed by atoms with Crippen LogP contribution >= 0.6 is 0 Å². The number of para-hydroxylation sites is 1. The highest BCUT2D eigenvalue weighted by Crippen LogP contribution is 2.38. The van der Waals surface area contributed by atoms with Crippen molar-refractivity contribution in [2.45, 2.75) is 38.6 Å². The summed E-state index contributed by atoms with van der Waals surface area (Å²) < 4.78 is 20.0. The molecule has 1 aliphatic rings. The van der Waals surface area contributed by atoms with Crippen molar-refractivity contribution >= 4 is 23.1 Å². The third-order valence-corrected chi connectivity index (χ3v) is 5.94. The smallest absolute Gasteiger partial charge is 0.200 e. The molecule has 2 atom stereocenters. The molecule has 0 amide bonds. The van der Waals surface area contributed by atoms with Crippen LogP contribution in [-0.4, -0.2) is 38.9 Å². The second kappa shape index (κ2) is 7.61. The van der Waals surface area contributed by atoms with Gasteiger partial charge in [0.15, 0.2) is 23.6 Å². The van der Waals surface area contributed by atoms with Gasteiger partial charge in [0.1, 0.15) is 11.2 Å². The van der Waals surface area contributed by atoms with Crippen LogP contribution in [0.4, 0.5) is 10.1 Å². The van der Waals surface area contributed by atoms with E-state index in [-0.39, 0.29) is 23.3 Å². The summed E-state index contributed by atoms with van der Waals surface area (Å²) in [6.45, 7) is 4.75. The van der Waals surface area contributed by atoms with Crippen LogP contribution in [-0.2, 0) is 0 Å². The molecular weight excluding hydrogens is 397 g/mol. The largest absolute Gasteiger partial charge is 0.440 e. The van der Waals surface area contributed by atoms with Crippen LogP contribution in [0.15, 0.2) is 47.1 Å². The van der Waals surface area contributed by atoms with Crippen molar-refractivity contribution in [2.75, 3.05) is 11.4 Å². The van der Waals surface area contributed by atoms with Crippen LogP contribution in [0.3, 0.4) is 0 Å². The fraction of sp³-hybridized carbons (Fsp3) is 0.304. The van der Waals surface area contributed by atoms with Gasteiger partial charge in [-0.15, -0.1) is 4.80 Å². The van der Waals surface area contributed by atoms with Gasteiger partial charge >= 0.3 is 0 Å². The summed E-state index contributed by atoms with van der Waals surface area (Å²) in [4.78, 5) is 20.1. The minimum absolute atomic E-state index is 0.00150. The predicted octanol–water partition coefficient (Wildman–Crippen LogP) is 4.44. The number of piperidine rings is 1. The molecule has 0 radical (unpaired) electrons. The topological polar surface area (TPSA) is 77.1 Å². The third kappa shape index (κ3) is 3.37. The summed E-state index contributed by atoms with van der Waals surface area (Å²) in [5.74, 6) is 0.163. The number of hydrogen-bond donors (Lipinski definition) is 0. The first-order valence-electron chi connectivity index (χ1n) is 10.3. The van der Waals surface area contributed by atoms with Gasteiger partial charge in [-0.25, -0.2) is 9.37 Å². The van der Waals surface area contributed by atoms with Crippen LogP contribution in [0.2, 0.25) is 0 Å². The Balaban J connectivity index is 1.57. The van der Waals surface area contributed by atoms with E-state index in [1.165, 1.54) is 10.9 Å². The van der Waals surface area contributed by atoms with Crippen molar-refractivity contribution < 1.29 is 13.6 Å². The Hall–Kier alpha value is -3.55. The molecular formula is C23H22FN5O2. The number of carbonyl (C=O) groups is 1. The lowest BCUT2D eigenvalue weighted by atomic mass is 9.92. The molecule has 7 nitrogen and oxygen atoms in total. The van der Waals surface area contributed by atoms with E-state index < -0.39 is 0 Å². The lowest BCUT2D eigenvalue weighted by molar-refractivity contribution is 0.112. The highest BCUT2D eigenvalue weighted by atomic mass is 19.1. The molecule has 31 heavy (non-hydrogen) atoms. The number of halogens is 1. The normalized spacial score (nSPS) is 19.1. The second-order valence-corrected chi connectivity index (χ2v) is 8.07. The summed E-state index contributed by atoms with van der Waals surface area (Å²) in [7, 11) is 0. The summed E-state index contributed by atoms with van der Waals surface area (Å²) in [6, 6.07) is 8.87. The van der Waals surface area contributed by atoms with E-state index >= 15 is 0 Å². The molecule has 0 aliphatic carbocycles. The number of carbonyl (C=O) groups excluding carboxylic acids is 1. The lowest BCUT2D eigenvalue weighted by Crippen LogP contribution is -2.42. The Morgan fingerprint density at radius 1 is 1.19 bits per heavy atom. The maximum absolute atomic E-state index is 14.1. The maximum atomic E-state index is 14.1. The van der Waals surface area contributed by atoms with Crippen molar-refractivity contribution in [1.82, 2.24) is 20.0 Å². The van der Waals surface area contributed by atoms with Crippen LogP contribution in [0, 0.1) is 12.7 Å². The summed E-state index contributed by atoms with van der Waals surface area (Å²) in [5.41, 5.74) is 3.78. The molecule has 0 spiro atoms. The molecule has 3 heterocycles. The number of oxazole rings is 1. The fourth-order valence-electron chi connectivity index (χ4n) is 4.40. The van der Waals surface area contributed by atoms with Gasteiger partial charge < -0.3 is 9.32 Å². The van der Waals surface area contributed by atoms with E-state index in [0.29, 0.717) is 29.3 Å². The number of hydrogen-bond acceptors (Lipinski definition) is 6. The zero-order chi connectivity index (χ0) is 21.5. The van der Waals surface area contributed by atoms with Crippen LogP contribution in [0.5, 0.6) is 0 Å². The van der Waals surface area contributed by atoms with Gasteiger partial charge in [-0.2, -0.15) is 10.2 Å². The number of aldehydes is 1. The Labute approximate surface area is 178 Å². The van der Waals surface area contributed by atoms with Crippen molar-refractivity contribution in [2.24, 2.45) is 0 Å². The molecule has 1 saturated heterocycles. The fourth-order valence-corrected chi connectivity index (χ4v) is 4.40. The predicted molar refractivity (Wildman–Crippen MR) is 114 cm³/mol. The van der Waals surface area contributed by atoms with Gasteiger partial charge in [-0.3, -0.25) is 4.79 Å². The number of benzene rings is 2. The first kappa shape index (κ1) is 19.4. The molecule has 0 saturated carbocycles. The SMILES string of the molecule is Cc1cc(C=O)c(-n2nccn2)c(N2C[C@H](c3nc4c(F)cccc4o3)CC[C@H]2C)c1. The molecule has 5 rings (SSSR count). The molecule has 1 fully saturated rings. The van der Waals surface area contributed by atoms with E-state index in [1.807, 2.05) is 13.0 Å². The Morgan fingerprint density at radius 2 is 2.00 bits per heavy atom. The third-order valence-electron chi connectivity index (χ3n) is 5.94. The molecule has 0 N–H and O–H groups in total. The average Bonchev–Trinajstić information content (AvgIpc) is 3.44. The van der Waals surface area contributed by atoms with Gasteiger partial charge in [0, 0.05) is 18.2 Å². The van der Waals surface area contributed by atoms with Gasteiger partial charge in [-0.05, 0) is 56.5 Å². The van der Waals surface area contributed by atoms with Crippen molar-refractivity contribution in [1.29, 1.82) is 0 Å². The van der Waals surface area contributed by atoms with E-state index in [1.54, 1.807) is 24.5 Å². The summed E-state index contributed by atoms with van der Waals surface area (Å²) in [6.07, 6.45) is 5.81. The molecule has 158 valence electrons. The van der Waals surface area contributed by atoms with E-state index in [0.717, 1.165) is 30.4 Å². The Bertz CT molecular complexity index is 1250. The van der Waals surface area contributed by atoms with E-state index in [9.17, 15) is 9.18 Å². The average molecular weight is 419 g/mol. The zero-order valence-electron chi connectivity index (χ0n) is 17.3. The van der Waals surface area contributed by atoms with Gasteiger partial charge in [-0.1, -0.05) is 6.07 Å². The summed E-state index contributed by atoms with van der Waals surface area (Å²) in [5, 5.41) is 8.54. The first-order valence-corrected chi connectivity index (χ1v) is 10.3. The molecule has 1 aliphatic heterocycles. The highest BCUT2D eigenvalue weighted by molar-refractivity contribution is 5.87. The van der Waals surface area contributed by atoms with Crippen molar-refractivity contribution in [3.05, 3.63) is 65.6 Å².